The number of nitrogens with one attached hydrogen (secondary N) is 1. The first kappa shape index (κ1) is 16.8. The molecule has 1 fully saturated rings. The second kappa shape index (κ2) is 6.37. The van der Waals surface area contributed by atoms with E-state index in [9.17, 15) is 9.59 Å². The number of nitrogens with zero attached hydrogens (tertiary/aromatic N) is 2. The van der Waals surface area contributed by atoms with Gasteiger partial charge in [0, 0.05) is 27.1 Å². The number of fused-ring (bicyclic) bond motifs is 2. The summed E-state index contributed by atoms with van der Waals surface area (Å²) in [6, 6.07) is 8.64. The number of urea groups is 1. The second-order valence-corrected chi connectivity index (χ2v) is 8.70. The van der Waals surface area contributed by atoms with Gasteiger partial charge in [-0.15, -0.1) is 23.1 Å². The van der Waals surface area contributed by atoms with Crippen molar-refractivity contribution in [3.63, 3.8) is 0 Å². The van der Waals surface area contributed by atoms with E-state index in [1.165, 1.54) is 28.0 Å². The lowest BCUT2D eigenvalue weighted by Crippen LogP contribution is -2.60. The fraction of sp³-hybridized carbons (Fsp3) is 0.105. The van der Waals surface area contributed by atoms with Crippen LogP contribution < -0.4 is 10.2 Å². The zero-order chi connectivity index (χ0) is 18.5. The van der Waals surface area contributed by atoms with E-state index in [0.717, 1.165) is 20.6 Å². The molecule has 4 heterocycles. The maximum atomic E-state index is 13.2. The van der Waals surface area contributed by atoms with Crippen LogP contribution in [0, 0.1) is 0 Å². The van der Waals surface area contributed by atoms with Crippen molar-refractivity contribution >= 4 is 67.3 Å². The molecule has 5 rings (SSSR count). The first-order chi connectivity index (χ1) is 13.1. The molecule has 0 saturated carbocycles. The van der Waals surface area contributed by atoms with Crippen LogP contribution in [0.2, 0.25) is 5.02 Å². The number of rotatable bonds is 2. The van der Waals surface area contributed by atoms with Crippen LogP contribution in [0.15, 0.2) is 54.2 Å². The Labute approximate surface area is 168 Å². The fourth-order valence-corrected chi connectivity index (χ4v) is 5.80. The number of carbonyl (C=O) groups is 2. The van der Waals surface area contributed by atoms with Gasteiger partial charge in [0.25, 0.3) is 5.91 Å². The average Bonchev–Trinajstić information content (AvgIpc) is 3.29. The van der Waals surface area contributed by atoms with Gasteiger partial charge in [0.1, 0.15) is 5.25 Å². The highest BCUT2D eigenvalue weighted by atomic mass is 35.5. The number of aromatic nitrogens is 1. The van der Waals surface area contributed by atoms with Crippen molar-refractivity contribution in [1.82, 2.24) is 10.3 Å². The molecule has 27 heavy (non-hydrogen) atoms. The van der Waals surface area contributed by atoms with Crippen molar-refractivity contribution in [2.75, 3.05) is 4.90 Å². The zero-order valence-electron chi connectivity index (χ0n) is 13.8. The van der Waals surface area contributed by atoms with Crippen molar-refractivity contribution in [3.05, 3.63) is 64.8 Å². The molecule has 2 unspecified atom stereocenters. The van der Waals surface area contributed by atoms with E-state index >= 15 is 0 Å². The third-order valence-corrected chi connectivity index (χ3v) is 7.23. The highest BCUT2D eigenvalue weighted by Crippen LogP contribution is 2.44. The summed E-state index contributed by atoms with van der Waals surface area (Å²) in [6.45, 7) is 0. The summed E-state index contributed by atoms with van der Waals surface area (Å²) in [5, 5.41) is 5.97. The molecule has 3 amide bonds. The van der Waals surface area contributed by atoms with Gasteiger partial charge in [0.2, 0.25) is 0 Å². The van der Waals surface area contributed by atoms with Crippen molar-refractivity contribution in [1.29, 1.82) is 0 Å². The van der Waals surface area contributed by atoms with Gasteiger partial charge in [0.15, 0.2) is 0 Å². The average molecular weight is 414 g/mol. The number of halogens is 1. The molecule has 134 valence electrons. The first-order valence-corrected chi connectivity index (χ1v) is 10.4. The molecule has 3 aromatic rings. The molecule has 2 aliphatic heterocycles. The standard InChI is InChI=1S/C19H12ClN3O2S2/c20-12-4-2-1-3-11(12)15-7-13-17(27-15)18(24)23(19(25)22-13)14-9-21-8-10-5-6-26-16(10)14/h1-9,13,17H,(H,22,25). The third-order valence-electron chi connectivity index (χ3n) is 4.59. The summed E-state index contributed by atoms with van der Waals surface area (Å²) >= 11 is 9.22. The number of hydrogen-bond donors (Lipinski definition) is 1. The van der Waals surface area contributed by atoms with Gasteiger partial charge in [-0.3, -0.25) is 9.78 Å². The van der Waals surface area contributed by atoms with Crippen LogP contribution in [0.5, 0.6) is 0 Å². The molecule has 0 bridgehead atoms. The van der Waals surface area contributed by atoms with Crippen LogP contribution >= 0.6 is 34.7 Å². The minimum absolute atomic E-state index is 0.241. The van der Waals surface area contributed by atoms with E-state index in [1.807, 2.05) is 41.8 Å². The number of pyridine rings is 1. The third kappa shape index (κ3) is 2.65. The van der Waals surface area contributed by atoms with Crippen molar-refractivity contribution in [2.45, 2.75) is 11.3 Å². The summed E-state index contributed by atoms with van der Waals surface area (Å²) in [5.41, 5.74) is 1.39. The molecule has 0 spiro atoms. The Morgan fingerprint density at radius 3 is 2.85 bits per heavy atom. The number of hydrogen-bond acceptors (Lipinski definition) is 5. The minimum atomic E-state index is -0.429. The van der Waals surface area contributed by atoms with Crippen LogP contribution in [-0.4, -0.2) is 28.2 Å². The minimum Gasteiger partial charge on any atom is -0.329 e. The number of benzene rings is 1. The van der Waals surface area contributed by atoms with Gasteiger partial charge in [0.05, 0.1) is 22.6 Å². The summed E-state index contributed by atoms with van der Waals surface area (Å²) < 4.78 is 0.870. The molecular formula is C19H12ClN3O2S2. The zero-order valence-corrected chi connectivity index (χ0v) is 16.1. The topological polar surface area (TPSA) is 62.3 Å². The predicted molar refractivity (Wildman–Crippen MR) is 110 cm³/mol. The van der Waals surface area contributed by atoms with Crippen LogP contribution in [0.1, 0.15) is 5.56 Å². The van der Waals surface area contributed by atoms with Crippen molar-refractivity contribution in [2.24, 2.45) is 0 Å². The summed E-state index contributed by atoms with van der Waals surface area (Å²) in [6.07, 6.45) is 5.21. The van der Waals surface area contributed by atoms with Crippen LogP contribution in [0.4, 0.5) is 10.5 Å². The largest absolute Gasteiger partial charge is 0.329 e. The number of thiophene rings is 1. The summed E-state index contributed by atoms with van der Waals surface area (Å²) in [5.74, 6) is -0.241. The Morgan fingerprint density at radius 2 is 2.00 bits per heavy atom. The monoisotopic (exact) mass is 413 g/mol. The van der Waals surface area contributed by atoms with Crippen molar-refractivity contribution in [3.8, 4) is 0 Å². The fourth-order valence-electron chi connectivity index (χ4n) is 3.33. The first-order valence-electron chi connectivity index (χ1n) is 8.22. The number of thioether (sulfide) groups is 1. The SMILES string of the molecule is O=C1NC2C=C(c3ccccc3Cl)SC2C(=O)N1c1cncc2ccsc12. The number of amides is 3. The van der Waals surface area contributed by atoms with E-state index in [1.54, 1.807) is 12.4 Å². The Kier molecular flexibility index (Phi) is 3.96. The lowest BCUT2D eigenvalue weighted by atomic mass is 10.1. The predicted octanol–water partition coefficient (Wildman–Crippen LogP) is 4.53. The van der Waals surface area contributed by atoms with Crippen LogP contribution in [0.3, 0.4) is 0 Å². The molecule has 5 nitrogen and oxygen atoms in total. The Bertz CT molecular complexity index is 1130. The lowest BCUT2D eigenvalue weighted by molar-refractivity contribution is -0.118. The second-order valence-electron chi connectivity index (χ2n) is 6.20. The van der Waals surface area contributed by atoms with E-state index in [-0.39, 0.29) is 11.9 Å². The highest BCUT2D eigenvalue weighted by Gasteiger charge is 2.45. The molecule has 1 N–H and O–H groups in total. The van der Waals surface area contributed by atoms with Gasteiger partial charge in [-0.2, -0.15) is 0 Å². The van der Waals surface area contributed by atoms with Crippen molar-refractivity contribution < 1.29 is 9.59 Å². The molecular weight excluding hydrogens is 402 g/mol. The molecule has 8 heteroatoms. The van der Waals surface area contributed by atoms with Crippen LogP contribution in [-0.2, 0) is 4.79 Å². The van der Waals surface area contributed by atoms with E-state index in [0.29, 0.717) is 10.7 Å². The number of anilines is 1. The van der Waals surface area contributed by atoms with E-state index in [2.05, 4.69) is 10.3 Å². The molecule has 0 radical (unpaired) electrons. The van der Waals surface area contributed by atoms with Crippen LogP contribution in [0.25, 0.3) is 15.0 Å². The molecule has 1 aromatic carbocycles. The summed E-state index contributed by atoms with van der Waals surface area (Å²) in [4.78, 5) is 32.2. The van der Waals surface area contributed by atoms with E-state index < -0.39 is 11.3 Å². The molecule has 0 aliphatic carbocycles. The molecule has 2 atom stereocenters. The highest BCUT2D eigenvalue weighted by molar-refractivity contribution is 8.09. The number of carbonyl (C=O) groups excluding carboxylic acids is 2. The molecule has 2 aromatic heterocycles. The van der Waals surface area contributed by atoms with Gasteiger partial charge < -0.3 is 5.32 Å². The van der Waals surface area contributed by atoms with Gasteiger partial charge >= 0.3 is 6.03 Å². The lowest BCUT2D eigenvalue weighted by Gasteiger charge is -2.33. The molecule has 1 saturated heterocycles. The van der Waals surface area contributed by atoms with Gasteiger partial charge in [-0.1, -0.05) is 29.8 Å². The molecule has 2 aliphatic rings. The normalized spacial score (nSPS) is 22.0. The smallest absolute Gasteiger partial charge is 0.329 e. The Morgan fingerprint density at radius 1 is 1.15 bits per heavy atom. The summed E-state index contributed by atoms with van der Waals surface area (Å²) in [7, 11) is 0. The Hall–Kier alpha value is -2.35. The Balaban J connectivity index is 1.51. The quantitative estimate of drug-likeness (QED) is 0.670. The maximum absolute atomic E-state index is 13.2. The maximum Gasteiger partial charge on any atom is 0.329 e. The van der Waals surface area contributed by atoms with Gasteiger partial charge in [-0.25, -0.2) is 9.69 Å². The number of imide groups is 1. The van der Waals surface area contributed by atoms with E-state index in [4.69, 9.17) is 11.6 Å². The van der Waals surface area contributed by atoms with Gasteiger partial charge in [-0.05, 0) is 23.6 Å².